The van der Waals surface area contributed by atoms with Crippen molar-refractivity contribution in [1.29, 1.82) is 5.26 Å². The van der Waals surface area contributed by atoms with Gasteiger partial charge in [0, 0.05) is 22.7 Å². The van der Waals surface area contributed by atoms with Crippen molar-refractivity contribution < 1.29 is 4.79 Å². The Hall–Kier alpha value is -4.21. The first-order valence-electron chi connectivity index (χ1n) is 10.2. The second kappa shape index (κ2) is 7.19. The lowest BCUT2D eigenvalue weighted by atomic mass is 9.98. The van der Waals surface area contributed by atoms with Crippen LogP contribution in [0.2, 0.25) is 0 Å². The number of carbonyl (C=O) groups excluding carboxylic acids is 1. The average molecular weight is 433 g/mol. The molecule has 2 aromatic carbocycles. The summed E-state index contributed by atoms with van der Waals surface area (Å²) in [5, 5.41) is 13.3. The van der Waals surface area contributed by atoms with Gasteiger partial charge in [0.05, 0.1) is 11.6 Å². The summed E-state index contributed by atoms with van der Waals surface area (Å²) in [6, 6.07) is 23.8. The van der Waals surface area contributed by atoms with E-state index in [4.69, 9.17) is 0 Å². The molecule has 1 amide bonds. The lowest BCUT2D eigenvalue weighted by Crippen LogP contribution is -2.28. The fraction of sp³-hybridized carbons (Fsp3) is 0.0385. The highest BCUT2D eigenvalue weighted by Gasteiger charge is 2.32. The van der Waals surface area contributed by atoms with Gasteiger partial charge >= 0.3 is 0 Å². The molecule has 1 aliphatic carbocycles. The van der Waals surface area contributed by atoms with Crippen LogP contribution in [0.25, 0.3) is 32.6 Å². The number of hydrogen-bond acceptors (Lipinski definition) is 4. The van der Waals surface area contributed by atoms with E-state index in [1.165, 1.54) is 11.3 Å². The molecule has 3 aromatic heterocycles. The molecular weight excluding hydrogens is 416 g/mol. The van der Waals surface area contributed by atoms with Gasteiger partial charge in [0.1, 0.15) is 16.6 Å². The quantitative estimate of drug-likeness (QED) is 0.386. The number of thiophene rings is 1. The highest BCUT2D eigenvalue weighted by Crippen LogP contribution is 2.49. The molecule has 0 saturated carbocycles. The molecule has 1 unspecified atom stereocenters. The van der Waals surface area contributed by atoms with E-state index in [0.717, 1.165) is 38.1 Å². The van der Waals surface area contributed by atoms with E-state index in [0.29, 0.717) is 16.1 Å². The molecule has 2 N–H and O–H groups in total. The highest BCUT2D eigenvalue weighted by atomic mass is 32.1. The van der Waals surface area contributed by atoms with Crippen LogP contribution in [0.3, 0.4) is 0 Å². The number of carbonyl (C=O) groups is 1. The van der Waals surface area contributed by atoms with Gasteiger partial charge in [-0.2, -0.15) is 5.26 Å². The number of nitrogens with one attached hydrogen (secondary N) is 2. The second-order valence-corrected chi connectivity index (χ2v) is 8.72. The van der Waals surface area contributed by atoms with Crippen molar-refractivity contribution in [2.24, 2.45) is 0 Å². The summed E-state index contributed by atoms with van der Waals surface area (Å²) in [7, 11) is 0. The van der Waals surface area contributed by atoms with Crippen LogP contribution in [0.15, 0.2) is 79.1 Å². The average Bonchev–Trinajstić information content (AvgIpc) is 3.57. The molecule has 0 bridgehead atoms. The third kappa shape index (κ3) is 2.76. The summed E-state index contributed by atoms with van der Waals surface area (Å²) in [6.45, 7) is 0. The maximum atomic E-state index is 13.3. The Bertz CT molecular complexity index is 1560. The molecule has 0 saturated heterocycles. The number of benzene rings is 2. The van der Waals surface area contributed by atoms with Crippen molar-refractivity contribution in [3.63, 3.8) is 0 Å². The molecule has 0 spiro atoms. The Morgan fingerprint density at radius 1 is 1.00 bits per heavy atom. The first-order valence-corrected chi connectivity index (χ1v) is 11.0. The lowest BCUT2D eigenvalue weighted by molar-refractivity contribution is 0.0945. The summed E-state index contributed by atoms with van der Waals surface area (Å²) >= 11 is 1.48. The van der Waals surface area contributed by atoms with E-state index in [-0.39, 0.29) is 11.9 Å². The van der Waals surface area contributed by atoms with Crippen LogP contribution in [-0.2, 0) is 0 Å². The van der Waals surface area contributed by atoms with E-state index in [2.05, 4.69) is 45.6 Å². The minimum Gasteiger partial charge on any atom is -0.346 e. The molecular formula is C26H16N4OS. The van der Waals surface area contributed by atoms with Crippen LogP contribution in [0.4, 0.5) is 0 Å². The van der Waals surface area contributed by atoms with Crippen molar-refractivity contribution in [1.82, 2.24) is 15.3 Å². The number of amides is 1. The fourth-order valence-corrected chi connectivity index (χ4v) is 5.36. The Morgan fingerprint density at radius 3 is 2.72 bits per heavy atom. The van der Waals surface area contributed by atoms with Gasteiger partial charge in [-0.15, -0.1) is 11.3 Å². The Labute approximate surface area is 188 Å². The van der Waals surface area contributed by atoms with Gasteiger partial charge in [-0.25, -0.2) is 4.98 Å². The molecule has 3 heterocycles. The Kier molecular flexibility index (Phi) is 4.17. The molecule has 152 valence electrons. The smallest absolute Gasteiger partial charge is 0.252 e. The van der Waals surface area contributed by atoms with E-state index in [1.54, 1.807) is 18.5 Å². The molecule has 5 aromatic rings. The second-order valence-electron chi connectivity index (χ2n) is 7.64. The molecule has 0 radical (unpaired) electrons. The zero-order valence-electron chi connectivity index (χ0n) is 16.8. The van der Waals surface area contributed by atoms with Crippen LogP contribution < -0.4 is 5.32 Å². The van der Waals surface area contributed by atoms with Gasteiger partial charge in [-0.3, -0.25) is 4.79 Å². The number of hydrogen-bond donors (Lipinski definition) is 2. The molecule has 1 aliphatic rings. The molecule has 5 nitrogen and oxygen atoms in total. The third-order valence-corrected chi connectivity index (χ3v) is 6.93. The predicted molar refractivity (Wildman–Crippen MR) is 125 cm³/mol. The maximum absolute atomic E-state index is 13.3. The summed E-state index contributed by atoms with van der Waals surface area (Å²) < 4.78 is 0. The molecule has 1 atom stereocenters. The van der Waals surface area contributed by atoms with Gasteiger partial charge in [0.25, 0.3) is 5.91 Å². The minimum atomic E-state index is -0.258. The Morgan fingerprint density at radius 2 is 1.84 bits per heavy atom. The lowest BCUT2D eigenvalue weighted by Gasteiger charge is -2.17. The monoisotopic (exact) mass is 432 g/mol. The summed E-state index contributed by atoms with van der Waals surface area (Å²) in [4.78, 5) is 22.4. The first-order chi connectivity index (χ1) is 15.7. The molecule has 32 heavy (non-hydrogen) atoms. The van der Waals surface area contributed by atoms with E-state index < -0.39 is 0 Å². The first kappa shape index (κ1) is 18.6. The van der Waals surface area contributed by atoms with E-state index >= 15 is 0 Å². The number of nitrogens with zero attached hydrogens (tertiary/aromatic N) is 2. The largest absolute Gasteiger partial charge is 0.346 e. The summed E-state index contributed by atoms with van der Waals surface area (Å²) in [5.74, 6) is -0.141. The highest BCUT2D eigenvalue weighted by molar-refractivity contribution is 7.16. The van der Waals surface area contributed by atoms with Crippen LogP contribution in [0, 0.1) is 11.3 Å². The topological polar surface area (TPSA) is 81.6 Å². The fourth-order valence-electron chi connectivity index (χ4n) is 4.53. The van der Waals surface area contributed by atoms with E-state index in [9.17, 15) is 10.1 Å². The normalized spacial score (nSPS) is 14.0. The third-order valence-electron chi connectivity index (χ3n) is 5.91. The maximum Gasteiger partial charge on any atom is 0.252 e. The number of aromatic amines is 1. The van der Waals surface area contributed by atoms with Crippen LogP contribution in [0.1, 0.15) is 32.4 Å². The number of nitriles is 1. The number of fused-ring (bicyclic) bond motifs is 4. The van der Waals surface area contributed by atoms with E-state index in [1.807, 2.05) is 36.4 Å². The van der Waals surface area contributed by atoms with Crippen LogP contribution in [-0.4, -0.2) is 15.9 Å². The van der Waals surface area contributed by atoms with Gasteiger partial charge in [0.15, 0.2) is 0 Å². The van der Waals surface area contributed by atoms with Crippen molar-refractivity contribution >= 4 is 28.3 Å². The molecule has 0 fully saturated rings. The zero-order valence-corrected chi connectivity index (χ0v) is 17.6. The molecule has 0 aliphatic heterocycles. The molecule has 6 heteroatoms. The van der Waals surface area contributed by atoms with Crippen molar-refractivity contribution in [2.45, 2.75) is 6.04 Å². The number of rotatable bonds is 3. The zero-order chi connectivity index (χ0) is 21.7. The van der Waals surface area contributed by atoms with Crippen molar-refractivity contribution in [2.75, 3.05) is 0 Å². The van der Waals surface area contributed by atoms with Gasteiger partial charge < -0.3 is 10.3 Å². The van der Waals surface area contributed by atoms with Crippen LogP contribution >= 0.6 is 11.3 Å². The van der Waals surface area contributed by atoms with Crippen molar-refractivity contribution in [3.05, 3.63) is 101 Å². The number of pyridine rings is 1. The SMILES string of the molecule is N#Cc1ccc(-c2cccc3c2-c2ccccc2C3NC(=O)c2ccnc3[nH]ccc23)s1. The standard InChI is InChI=1S/C26H16N4OS/c27-14-15-8-9-22(32-15)20-6-3-7-21-23(20)16-4-1-2-5-17(16)24(21)30-26(31)19-11-13-29-25-18(19)10-12-28-25/h1-13,24H,(H,28,29)(H,30,31). The van der Waals surface area contributed by atoms with Gasteiger partial charge in [-0.05, 0) is 52.1 Å². The summed E-state index contributed by atoms with van der Waals surface area (Å²) in [6.07, 6.45) is 3.43. The summed E-state index contributed by atoms with van der Waals surface area (Å²) in [5.41, 5.74) is 6.71. The number of aromatic nitrogens is 2. The minimum absolute atomic E-state index is 0.141. The Balaban J connectivity index is 1.47. The van der Waals surface area contributed by atoms with Crippen LogP contribution in [0.5, 0.6) is 0 Å². The predicted octanol–water partition coefficient (Wildman–Crippen LogP) is 5.66. The number of H-pyrrole nitrogens is 1. The van der Waals surface area contributed by atoms with Gasteiger partial charge in [0.2, 0.25) is 0 Å². The van der Waals surface area contributed by atoms with Crippen molar-refractivity contribution in [3.8, 4) is 27.6 Å². The van der Waals surface area contributed by atoms with Gasteiger partial charge in [-0.1, -0.05) is 42.5 Å². The molecule has 6 rings (SSSR count).